The molecule has 0 aliphatic rings. The molecular weight excluding hydrogens is 348 g/mol. The Morgan fingerprint density at radius 1 is 0.962 bits per heavy atom. The minimum atomic E-state index is -3.35. The van der Waals surface area contributed by atoms with Crippen LogP contribution in [0.15, 0.2) is 77.8 Å². The molecule has 0 aliphatic heterocycles. The van der Waals surface area contributed by atoms with Gasteiger partial charge in [-0.1, -0.05) is 48.5 Å². The second-order valence-corrected chi connectivity index (χ2v) is 7.84. The normalized spacial score (nSPS) is 11.1. The molecule has 0 spiro atoms. The number of aromatic nitrogens is 1. The van der Waals surface area contributed by atoms with Crippen LogP contribution in [0.1, 0.15) is 11.1 Å². The average Bonchev–Trinajstić information content (AvgIpc) is 2.65. The quantitative estimate of drug-likeness (QED) is 0.689. The first-order valence-electron chi connectivity index (χ1n) is 8.17. The van der Waals surface area contributed by atoms with E-state index >= 15 is 0 Å². The molecule has 2 aromatic carbocycles. The largest absolute Gasteiger partial charge is 0.489 e. The van der Waals surface area contributed by atoms with Gasteiger partial charge < -0.3 is 10.1 Å². The molecule has 1 heterocycles. The van der Waals surface area contributed by atoms with Crippen LogP contribution < -0.4 is 10.1 Å². The van der Waals surface area contributed by atoms with Crippen LogP contribution in [0.4, 0.5) is 5.82 Å². The molecule has 5 nitrogen and oxygen atoms in total. The lowest BCUT2D eigenvalue weighted by Crippen LogP contribution is -2.09. The number of ether oxygens (including phenoxy) is 1. The predicted molar refractivity (Wildman–Crippen MR) is 102 cm³/mol. The number of sulfone groups is 1. The number of hydrogen-bond acceptors (Lipinski definition) is 5. The van der Waals surface area contributed by atoms with Crippen molar-refractivity contribution in [3.05, 3.63) is 84.1 Å². The van der Waals surface area contributed by atoms with E-state index in [0.717, 1.165) is 16.9 Å². The Bertz CT molecular complexity index is 973. The first-order chi connectivity index (χ1) is 12.5. The summed E-state index contributed by atoms with van der Waals surface area (Å²) in [5.74, 6) is 1.09. The van der Waals surface area contributed by atoms with E-state index in [1.54, 1.807) is 18.3 Å². The third-order valence-electron chi connectivity index (χ3n) is 3.83. The molecule has 3 aromatic rings. The number of hydrogen-bond donors (Lipinski definition) is 1. The van der Waals surface area contributed by atoms with Crippen molar-refractivity contribution in [2.24, 2.45) is 0 Å². The fraction of sp³-hybridized carbons (Fsp3) is 0.150. The molecule has 6 heteroatoms. The molecule has 3 rings (SSSR count). The SMILES string of the molecule is CS(=O)(=O)c1cccnc1NCc1ccccc1OCc1ccccc1. The fourth-order valence-electron chi connectivity index (χ4n) is 2.53. The zero-order valence-corrected chi connectivity index (χ0v) is 15.2. The van der Waals surface area contributed by atoms with Gasteiger partial charge in [-0.15, -0.1) is 0 Å². The molecule has 0 saturated heterocycles. The second-order valence-electron chi connectivity index (χ2n) is 5.86. The van der Waals surface area contributed by atoms with E-state index in [2.05, 4.69) is 10.3 Å². The first-order valence-corrected chi connectivity index (χ1v) is 10.1. The van der Waals surface area contributed by atoms with E-state index in [1.165, 1.54) is 6.26 Å². The van der Waals surface area contributed by atoms with Crippen LogP contribution in [0.25, 0.3) is 0 Å². The van der Waals surface area contributed by atoms with E-state index in [-0.39, 0.29) is 4.90 Å². The zero-order chi connectivity index (χ0) is 18.4. The van der Waals surface area contributed by atoms with Crippen LogP contribution in [0.2, 0.25) is 0 Å². The Morgan fingerprint density at radius 2 is 1.69 bits per heavy atom. The highest BCUT2D eigenvalue weighted by Crippen LogP contribution is 2.23. The first kappa shape index (κ1) is 17.9. The van der Waals surface area contributed by atoms with Crippen LogP contribution in [0, 0.1) is 0 Å². The number of rotatable bonds is 7. The van der Waals surface area contributed by atoms with Gasteiger partial charge in [-0.2, -0.15) is 0 Å². The Labute approximate surface area is 153 Å². The summed E-state index contributed by atoms with van der Waals surface area (Å²) < 4.78 is 29.7. The Hall–Kier alpha value is -2.86. The smallest absolute Gasteiger partial charge is 0.179 e. The number of nitrogens with one attached hydrogen (secondary N) is 1. The van der Waals surface area contributed by atoms with Gasteiger partial charge in [0.15, 0.2) is 9.84 Å². The highest BCUT2D eigenvalue weighted by atomic mass is 32.2. The number of benzene rings is 2. The van der Waals surface area contributed by atoms with Gasteiger partial charge in [0.2, 0.25) is 0 Å². The zero-order valence-electron chi connectivity index (χ0n) is 14.4. The van der Waals surface area contributed by atoms with Crippen LogP contribution >= 0.6 is 0 Å². The van der Waals surface area contributed by atoms with Crippen LogP contribution in [-0.4, -0.2) is 19.7 Å². The maximum absolute atomic E-state index is 11.9. The van der Waals surface area contributed by atoms with E-state index in [1.807, 2.05) is 54.6 Å². The summed E-state index contributed by atoms with van der Waals surface area (Å²) in [5.41, 5.74) is 2.01. The number of nitrogens with zero attached hydrogens (tertiary/aromatic N) is 1. The topological polar surface area (TPSA) is 68.3 Å². The molecule has 0 bridgehead atoms. The average molecular weight is 368 g/mol. The molecule has 0 radical (unpaired) electrons. The van der Waals surface area contributed by atoms with Gasteiger partial charge in [-0.05, 0) is 23.8 Å². The van der Waals surface area contributed by atoms with Crippen molar-refractivity contribution in [3.63, 3.8) is 0 Å². The molecule has 0 amide bonds. The fourth-order valence-corrected chi connectivity index (χ4v) is 3.33. The van der Waals surface area contributed by atoms with Gasteiger partial charge in [-0.25, -0.2) is 13.4 Å². The summed E-state index contributed by atoms with van der Waals surface area (Å²) in [6.45, 7) is 0.876. The molecule has 0 unspecified atom stereocenters. The van der Waals surface area contributed by atoms with Crippen molar-refractivity contribution in [1.82, 2.24) is 4.98 Å². The molecule has 26 heavy (non-hydrogen) atoms. The van der Waals surface area contributed by atoms with E-state index in [4.69, 9.17) is 4.74 Å². The lowest BCUT2D eigenvalue weighted by molar-refractivity contribution is 0.303. The standard InChI is InChI=1S/C20H20N2O3S/c1-26(23,24)19-12-7-13-21-20(19)22-14-17-10-5-6-11-18(17)25-15-16-8-3-2-4-9-16/h2-13H,14-15H2,1H3,(H,21,22). The summed E-state index contributed by atoms with van der Waals surface area (Å²) in [7, 11) is -3.35. The van der Waals surface area contributed by atoms with Crippen molar-refractivity contribution in [3.8, 4) is 5.75 Å². The monoisotopic (exact) mass is 368 g/mol. The van der Waals surface area contributed by atoms with Crippen molar-refractivity contribution in [1.29, 1.82) is 0 Å². The summed E-state index contributed by atoms with van der Waals surface area (Å²) in [4.78, 5) is 4.34. The second kappa shape index (κ2) is 8.01. The maximum atomic E-state index is 11.9. The third-order valence-corrected chi connectivity index (χ3v) is 4.95. The van der Waals surface area contributed by atoms with Crippen molar-refractivity contribution in [2.75, 3.05) is 11.6 Å². The molecule has 0 saturated carbocycles. The van der Waals surface area contributed by atoms with Crippen LogP contribution in [0.3, 0.4) is 0 Å². The third kappa shape index (κ3) is 4.61. The minimum absolute atomic E-state index is 0.183. The van der Waals surface area contributed by atoms with Crippen LogP contribution in [0.5, 0.6) is 5.75 Å². The number of pyridine rings is 1. The van der Waals surface area contributed by atoms with Gasteiger partial charge in [0, 0.05) is 24.6 Å². The lowest BCUT2D eigenvalue weighted by Gasteiger charge is -2.14. The summed E-state index contributed by atoms with van der Waals surface area (Å²) in [6.07, 6.45) is 2.74. The van der Waals surface area contributed by atoms with Gasteiger partial charge in [0.05, 0.1) is 0 Å². The molecule has 1 N–H and O–H groups in total. The molecule has 0 atom stereocenters. The maximum Gasteiger partial charge on any atom is 0.179 e. The van der Waals surface area contributed by atoms with Crippen LogP contribution in [-0.2, 0) is 23.0 Å². The number of para-hydroxylation sites is 1. The Balaban J connectivity index is 1.74. The van der Waals surface area contributed by atoms with E-state index in [0.29, 0.717) is 19.0 Å². The summed E-state index contributed by atoms with van der Waals surface area (Å²) >= 11 is 0. The van der Waals surface area contributed by atoms with Gasteiger partial charge in [0.1, 0.15) is 23.1 Å². The Kier molecular flexibility index (Phi) is 5.53. The molecular formula is C20H20N2O3S. The molecule has 0 aliphatic carbocycles. The van der Waals surface area contributed by atoms with Gasteiger partial charge in [0.25, 0.3) is 0 Å². The minimum Gasteiger partial charge on any atom is -0.489 e. The molecule has 134 valence electrons. The Morgan fingerprint density at radius 3 is 2.46 bits per heavy atom. The highest BCUT2D eigenvalue weighted by molar-refractivity contribution is 7.90. The van der Waals surface area contributed by atoms with Crippen molar-refractivity contribution >= 4 is 15.7 Å². The summed E-state index contributed by atoms with van der Waals surface area (Å²) in [5, 5.41) is 3.10. The van der Waals surface area contributed by atoms with Crippen molar-refractivity contribution < 1.29 is 13.2 Å². The predicted octanol–water partition coefficient (Wildman–Crippen LogP) is 3.68. The lowest BCUT2D eigenvalue weighted by atomic mass is 10.2. The highest BCUT2D eigenvalue weighted by Gasteiger charge is 2.14. The van der Waals surface area contributed by atoms with Crippen molar-refractivity contribution in [2.45, 2.75) is 18.0 Å². The van der Waals surface area contributed by atoms with E-state index < -0.39 is 9.84 Å². The number of anilines is 1. The van der Waals surface area contributed by atoms with E-state index in [9.17, 15) is 8.42 Å². The summed E-state index contributed by atoms with van der Waals surface area (Å²) in [6, 6.07) is 20.7. The molecule has 0 fully saturated rings. The van der Waals surface area contributed by atoms with Gasteiger partial charge >= 0.3 is 0 Å². The molecule has 1 aromatic heterocycles. The van der Waals surface area contributed by atoms with Gasteiger partial charge in [-0.3, -0.25) is 0 Å².